The van der Waals surface area contributed by atoms with Gasteiger partial charge in [0.25, 0.3) is 11.7 Å². The highest BCUT2D eigenvalue weighted by Crippen LogP contribution is 2.41. The van der Waals surface area contributed by atoms with Crippen LogP contribution in [0.25, 0.3) is 5.76 Å². The molecule has 0 saturated carbocycles. The second-order valence-corrected chi connectivity index (χ2v) is 8.15. The molecule has 1 atom stereocenters. The summed E-state index contributed by atoms with van der Waals surface area (Å²) in [4.78, 5) is 27.6. The number of methoxy groups -OCH3 is 2. The molecule has 1 N–H and O–H groups in total. The highest BCUT2D eigenvalue weighted by Gasteiger charge is 2.46. The van der Waals surface area contributed by atoms with Crippen molar-refractivity contribution in [1.29, 1.82) is 0 Å². The molecule has 7 heteroatoms. The van der Waals surface area contributed by atoms with Gasteiger partial charge in [-0.3, -0.25) is 9.59 Å². The fraction of sp³-hybridized carbons (Fsp3) is 0.214. The van der Waals surface area contributed by atoms with Gasteiger partial charge >= 0.3 is 0 Å². The van der Waals surface area contributed by atoms with Crippen LogP contribution in [0.15, 0.2) is 78.4 Å². The first kappa shape index (κ1) is 24.0. The van der Waals surface area contributed by atoms with Crippen LogP contribution in [0.1, 0.15) is 22.7 Å². The molecule has 1 aliphatic heterocycles. The number of carbonyl (C=O) groups is 2. The maximum atomic E-state index is 13.2. The van der Waals surface area contributed by atoms with E-state index in [1.807, 2.05) is 43.3 Å². The lowest BCUT2D eigenvalue weighted by molar-refractivity contribution is -0.140. The number of likely N-dealkylation sites (tertiary alicyclic amines) is 1. The van der Waals surface area contributed by atoms with Crippen molar-refractivity contribution >= 4 is 17.4 Å². The molecule has 3 aromatic rings. The second-order valence-electron chi connectivity index (χ2n) is 8.15. The molecule has 0 bridgehead atoms. The SMILES string of the molecule is COCCN1C(=O)C(=O)/C(=C(/O)c2ccc(OC)cc2C)[C@@H]1c1cccc(Oc2ccccc2)c1. The Hall–Kier alpha value is -4.10. The number of hydrogen-bond acceptors (Lipinski definition) is 6. The molecule has 1 amide bonds. The Kier molecular flexibility index (Phi) is 7.17. The molecule has 0 unspecified atom stereocenters. The molecule has 0 aliphatic carbocycles. The Labute approximate surface area is 204 Å². The first-order valence-electron chi connectivity index (χ1n) is 11.2. The summed E-state index contributed by atoms with van der Waals surface area (Å²) in [6, 6.07) is 20.8. The van der Waals surface area contributed by atoms with Crippen LogP contribution in [-0.4, -0.2) is 49.1 Å². The van der Waals surface area contributed by atoms with E-state index in [1.165, 1.54) is 12.0 Å². The number of aliphatic hydroxyl groups excluding tert-OH is 1. The third kappa shape index (κ3) is 4.90. The second kappa shape index (κ2) is 10.4. The largest absolute Gasteiger partial charge is 0.507 e. The Morgan fingerprint density at radius 2 is 1.66 bits per heavy atom. The van der Waals surface area contributed by atoms with Crippen molar-refractivity contribution in [2.24, 2.45) is 0 Å². The number of aryl methyl sites for hydroxylation is 1. The zero-order chi connectivity index (χ0) is 24.9. The maximum Gasteiger partial charge on any atom is 0.295 e. The predicted octanol–water partition coefficient (Wildman–Crippen LogP) is 4.86. The molecule has 0 radical (unpaired) electrons. The molecule has 3 aromatic carbocycles. The number of ketones is 1. The molecule has 1 saturated heterocycles. The molecule has 180 valence electrons. The number of hydrogen-bond donors (Lipinski definition) is 1. The van der Waals surface area contributed by atoms with Crippen molar-refractivity contribution in [3.8, 4) is 17.2 Å². The normalized spacial score (nSPS) is 17.0. The van der Waals surface area contributed by atoms with Gasteiger partial charge in [0.15, 0.2) is 0 Å². The van der Waals surface area contributed by atoms with Gasteiger partial charge in [-0.05, 0) is 60.5 Å². The standard InChI is InChI=1S/C28H27NO6/c1-18-16-21(34-3)12-13-23(18)26(30)24-25(29(14-15-33-2)28(32)27(24)31)19-8-7-11-22(17-19)35-20-9-5-4-6-10-20/h4-13,16-17,25,30H,14-15H2,1-3H3/b26-24+/t25-/m0/s1. The first-order valence-corrected chi connectivity index (χ1v) is 11.2. The van der Waals surface area contributed by atoms with Crippen LogP contribution in [0, 0.1) is 6.92 Å². The van der Waals surface area contributed by atoms with E-state index in [4.69, 9.17) is 14.2 Å². The molecule has 7 nitrogen and oxygen atoms in total. The smallest absolute Gasteiger partial charge is 0.295 e. The maximum absolute atomic E-state index is 13.2. The van der Waals surface area contributed by atoms with Gasteiger partial charge in [-0.25, -0.2) is 0 Å². The average molecular weight is 474 g/mol. The molecule has 1 heterocycles. The molecule has 35 heavy (non-hydrogen) atoms. The van der Waals surface area contributed by atoms with Crippen molar-refractivity contribution in [2.45, 2.75) is 13.0 Å². The predicted molar refractivity (Wildman–Crippen MR) is 132 cm³/mol. The van der Waals surface area contributed by atoms with E-state index in [-0.39, 0.29) is 24.5 Å². The first-order chi connectivity index (χ1) is 16.9. The van der Waals surface area contributed by atoms with E-state index in [9.17, 15) is 14.7 Å². The molecule has 1 fully saturated rings. The van der Waals surface area contributed by atoms with Crippen LogP contribution in [0.2, 0.25) is 0 Å². The lowest BCUT2D eigenvalue weighted by atomic mass is 9.93. The Morgan fingerprint density at radius 3 is 2.34 bits per heavy atom. The number of para-hydroxylation sites is 1. The average Bonchev–Trinajstić information content (AvgIpc) is 3.12. The van der Waals surface area contributed by atoms with Crippen LogP contribution in [0.3, 0.4) is 0 Å². The summed E-state index contributed by atoms with van der Waals surface area (Å²) < 4.78 is 16.4. The fourth-order valence-electron chi connectivity index (χ4n) is 4.19. The van der Waals surface area contributed by atoms with Gasteiger partial charge in [-0.15, -0.1) is 0 Å². The van der Waals surface area contributed by atoms with E-state index in [0.717, 1.165) is 0 Å². The zero-order valence-electron chi connectivity index (χ0n) is 19.9. The number of rotatable bonds is 8. The quantitative estimate of drug-likeness (QED) is 0.286. The zero-order valence-corrected chi connectivity index (χ0v) is 19.9. The number of carbonyl (C=O) groups excluding carboxylic acids is 2. The van der Waals surface area contributed by atoms with Gasteiger partial charge in [0.05, 0.1) is 25.3 Å². The molecule has 1 aliphatic rings. The van der Waals surface area contributed by atoms with Crippen LogP contribution >= 0.6 is 0 Å². The van der Waals surface area contributed by atoms with Crippen molar-refractivity contribution in [3.63, 3.8) is 0 Å². The lowest BCUT2D eigenvalue weighted by Gasteiger charge is -2.25. The Bertz CT molecular complexity index is 1270. The molecule has 4 rings (SSSR count). The van der Waals surface area contributed by atoms with Gasteiger partial charge in [-0.2, -0.15) is 0 Å². The minimum Gasteiger partial charge on any atom is -0.507 e. The van der Waals surface area contributed by atoms with Crippen molar-refractivity contribution in [2.75, 3.05) is 27.4 Å². The van der Waals surface area contributed by atoms with Gasteiger partial charge in [0, 0.05) is 19.2 Å². The number of nitrogens with zero attached hydrogens (tertiary/aromatic N) is 1. The molecule has 0 spiro atoms. The molecule has 0 aromatic heterocycles. The van der Waals surface area contributed by atoms with E-state index < -0.39 is 17.7 Å². The van der Waals surface area contributed by atoms with Crippen LogP contribution < -0.4 is 9.47 Å². The van der Waals surface area contributed by atoms with Crippen LogP contribution in [0.4, 0.5) is 0 Å². The number of aliphatic hydroxyl groups is 1. The summed E-state index contributed by atoms with van der Waals surface area (Å²) in [6.07, 6.45) is 0. The van der Waals surface area contributed by atoms with Crippen LogP contribution in [0.5, 0.6) is 17.2 Å². The van der Waals surface area contributed by atoms with Crippen molar-refractivity contribution < 1.29 is 28.9 Å². The third-order valence-electron chi connectivity index (χ3n) is 5.92. The van der Waals surface area contributed by atoms with Crippen LogP contribution in [-0.2, 0) is 14.3 Å². The summed E-state index contributed by atoms with van der Waals surface area (Å²) in [6.45, 7) is 2.24. The highest BCUT2D eigenvalue weighted by molar-refractivity contribution is 6.46. The van der Waals surface area contributed by atoms with Gasteiger partial charge in [0.1, 0.15) is 23.0 Å². The summed E-state index contributed by atoms with van der Waals surface area (Å²) in [5.41, 5.74) is 1.83. The lowest BCUT2D eigenvalue weighted by Crippen LogP contribution is -2.32. The van der Waals surface area contributed by atoms with E-state index in [2.05, 4.69) is 0 Å². The molecular weight excluding hydrogens is 446 g/mol. The van der Waals surface area contributed by atoms with Gasteiger partial charge in [0.2, 0.25) is 0 Å². The summed E-state index contributed by atoms with van der Waals surface area (Å²) in [5, 5.41) is 11.3. The van der Waals surface area contributed by atoms with Gasteiger partial charge in [-0.1, -0.05) is 30.3 Å². The summed E-state index contributed by atoms with van der Waals surface area (Å²) in [5.74, 6) is 0.172. The molecular formula is C28H27NO6. The minimum absolute atomic E-state index is 0.0243. The van der Waals surface area contributed by atoms with E-state index in [1.54, 1.807) is 43.5 Å². The van der Waals surface area contributed by atoms with Crippen molar-refractivity contribution in [3.05, 3.63) is 95.1 Å². The number of ether oxygens (including phenoxy) is 3. The summed E-state index contributed by atoms with van der Waals surface area (Å²) in [7, 11) is 3.08. The minimum atomic E-state index is -0.800. The van der Waals surface area contributed by atoms with E-state index >= 15 is 0 Å². The topological polar surface area (TPSA) is 85.3 Å². The fourth-order valence-corrected chi connectivity index (χ4v) is 4.19. The Balaban J connectivity index is 1.82. The number of benzene rings is 3. The number of Topliss-reactive ketones (excluding diaryl/α,β-unsaturated/α-hetero) is 1. The van der Waals surface area contributed by atoms with Gasteiger partial charge < -0.3 is 24.2 Å². The third-order valence-corrected chi connectivity index (χ3v) is 5.92. The monoisotopic (exact) mass is 473 g/mol. The van der Waals surface area contributed by atoms with E-state index in [0.29, 0.717) is 33.9 Å². The summed E-state index contributed by atoms with van der Waals surface area (Å²) >= 11 is 0. The highest BCUT2D eigenvalue weighted by atomic mass is 16.5. The Morgan fingerprint density at radius 1 is 0.914 bits per heavy atom. The number of amides is 1. The van der Waals surface area contributed by atoms with Crippen molar-refractivity contribution in [1.82, 2.24) is 4.90 Å².